The van der Waals surface area contributed by atoms with Crippen molar-refractivity contribution in [2.45, 2.75) is 44.6 Å². The molecule has 6 heteroatoms. The van der Waals surface area contributed by atoms with E-state index < -0.39 is 5.41 Å². The van der Waals surface area contributed by atoms with Crippen LogP contribution in [0.3, 0.4) is 0 Å². The van der Waals surface area contributed by atoms with Gasteiger partial charge >= 0.3 is 0 Å². The third-order valence-electron chi connectivity index (χ3n) is 6.62. The number of carbonyl (C=O) groups excluding carboxylic acids is 2. The maximum absolute atomic E-state index is 13.2. The highest BCUT2D eigenvalue weighted by Gasteiger charge is 2.46. The molecule has 31 heavy (non-hydrogen) atoms. The third kappa shape index (κ3) is 5.01. The maximum Gasteiger partial charge on any atom is 0.230 e. The van der Waals surface area contributed by atoms with Crippen molar-refractivity contribution in [2.75, 3.05) is 33.8 Å². The Morgan fingerprint density at radius 1 is 1.19 bits per heavy atom. The summed E-state index contributed by atoms with van der Waals surface area (Å²) >= 11 is 1.69. The van der Waals surface area contributed by atoms with Crippen LogP contribution in [0.4, 0.5) is 0 Å². The average Bonchev–Trinajstić information content (AvgIpc) is 3.54. The summed E-state index contributed by atoms with van der Waals surface area (Å²) in [5.74, 6) is 0.264. The Morgan fingerprint density at radius 2 is 2.00 bits per heavy atom. The van der Waals surface area contributed by atoms with E-state index in [0.717, 1.165) is 31.4 Å². The minimum Gasteiger partial charge on any atom is -0.378 e. The summed E-state index contributed by atoms with van der Waals surface area (Å²) in [6, 6.07) is 10.6. The molecular formula is C25H32N2O3S. The van der Waals surface area contributed by atoms with Gasteiger partial charge in [0.1, 0.15) is 0 Å². The standard InChI is InChI=1S/C25H32N2O3S/c1-26(2)24(29)25(16-19-5-7-20(8-6-19)21-11-15-31-17-21)12-13-27(18-25)23(28)10-9-22-4-3-14-30-22/h5-8,11,15,17,22H,3-4,9-10,12-14,16,18H2,1-2H3/t22-,25+/m0/s1. The van der Waals surface area contributed by atoms with Gasteiger partial charge in [-0.1, -0.05) is 24.3 Å². The number of amides is 2. The molecule has 2 atom stereocenters. The number of benzene rings is 1. The predicted octanol–water partition coefficient (Wildman–Crippen LogP) is 4.22. The molecule has 2 saturated heterocycles. The summed E-state index contributed by atoms with van der Waals surface area (Å²) in [4.78, 5) is 29.7. The first-order chi connectivity index (χ1) is 15.0. The molecule has 0 radical (unpaired) electrons. The molecule has 166 valence electrons. The van der Waals surface area contributed by atoms with Gasteiger partial charge in [0.15, 0.2) is 0 Å². The number of rotatable bonds is 7. The zero-order valence-electron chi connectivity index (χ0n) is 18.5. The van der Waals surface area contributed by atoms with Gasteiger partial charge in [-0.2, -0.15) is 11.3 Å². The average molecular weight is 441 g/mol. The van der Waals surface area contributed by atoms with Crippen molar-refractivity contribution < 1.29 is 14.3 Å². The highest BCUT2D eigenvalue weighted by Crippen LogP contribution is 2.37. The van der Waals surface area contributed by atoms with Crippen LogP contribution in [-0.2, 0) is 20.7 Å². The molecule has 0 aliphatic carbocycles. The summed E-state index contributed by atoms with van der Waals surface area (Å²) < 4.78 is 5.66. The molecule has 5 nitrogen and oxygen atoms in total. The Kier molecular flexibility index (Phi) is 6.77. The highest BCUT2D eigenvalue weighted by atomic mass is 32.1. The molecular weight excluding hydrogens is 408 g/mol. The lowest BCUT2D eigenvalue weighted by atomic mass is 9.79. The quantitative estimate of drug-likeness (QED) is 0.648. The molecule has 3 heterocycles. The molecule has 0 N–H and O–H groups in total. The Hall–Kier alpha value is -2.18. The van der Waals surface area contributed by atoms with E-state index in [1.807, 2.05) is 19.0 Å². The van der Waals surface area contributed by atoms with Crippen LogP contribution in [0.25, 0.3) is 11.1 Å². The van der Waals surface area contributed by atoms with Crippen molar-refractivity contribution in [3.8, 4) is 11.1 Å². The zero-order chi connectivity index (χ0) is 21.8. The van der Waals surface area contributed by atoms with Gasteiger partial charge in [0.25, 0.3) is 0 Å². The second kappa shape index (κ2) is 9.53. The molecule has 0 spiro atoms. The van der Waals surface area contributed by atoms with Crippen LogP contribution in [0, 0.1) is 5.41 Å². The smallest absolute Gasteiger partial charge is 0.230 e. The maximum atomic E-state index is 13.2. The lowest BCUT2D eigenvalue weighted by molar-refractivity contribution is -0.139. The van der Waals surface area contributed by atoms with Crippen molar-refractivity contribution in [3.05, 3.63) is 46.7 Å². The van der Waals surface area contributed by atoms with E-state index in [4.69, 9.17) is 4.74 Å². The Balaban J connectivity index is 1.44. The number of thiophene rings is 1. The molecule has 2 amide bonds. The van der Waals surface area contributed by atoms with Crippen LogP contribution in [0.15, 0.2) is 41.1 Å². The fraction of sp³-hybridized carbons (Fsp3) is 0.520. The Labute approximate surface area is 189 Å². The molecule has 2 fully saturated rings. The Bertz CT molecular complexity index is 888. The molecule has 0 saturated carbocycles. The summed E-state index contributed by atoms with van der Waals surface area (Å²) in [5.41, 5.74) is 3.00. The van der Waals surface area contributed by atoms with Crippen LogP contribution in [0.1, 0.15) is 37.7 Å². The van der Waals surface area contributed by atoms with Crippen LogP contribution in [-0.4, -0.2) is 61.5 Å². The topological polar surface area (TPSA) is 49.9 Å². The molecule has 4 rings (SSSR count). The number of hydrogen-bond acceptors (Lipinski definition) is 4. The Morgan fingerprint density at radius 3 is 2.65 bits per heavy atom. The SMILES string of the molecule is CN(C)C(=O)[C@@]1(Cc2ccc(-c3ccsc3)cc2)CCN(C(=O)CC[C@@H]2CCCO2)C1. The molecule has 0 unspecified atom stereocenters. The van der Waals surface area contributed by atoms with Crippen molar-refractivity contribution in [1.82, 2.24) is 9.80 Å². The van der Waals surface area contributed by atoms with Crippen molar-refractivity contribution in [3.63, 3.8) is 0 Å². The van der Waals surface area contributed by atoms with Gasteiger partial charge in [-0.05, 0) is 65.6 Å². The highest BCUT2D eigenvalue weighted by molar-refractivity contribution is 7.08. The van der Waals surface area contributed by atoms with E-state index in [2.05, 4.69) is 41.1 Å². The fourth-order valence-corrected chi connectivity index (χ4v) is 5.57. The van der Waals surface area contributed by atoms with Gasteiger partial charge in [-0.15, -0.1) is 0 Å². The van der Waals surface area contributed by atoms with Gasteiger partial charge in [0.2, 0.25) is 11.8 Å². The first-order valence-corrected chi connectivity index (χ1v) is 12.1. The first-order valence-electron chi connectivity index (χ1n) is 11.2. The fourth-order valence-electron chi connectivity index (χ4n) is 4.90. The molecule has 1 aromatic carbocycles. The monoisotopic (exact) mass is 440 g/mol. The van der Waals surface area contributed by atoms with E-state index in [1.165, 1.54) is 11.1 Å². The van der Waals surface area contributed by atoms with Gasteiger partial charge < -0.3 is 14.5 Å². The number of carbonyl (C=O) groups is 2. The lowest BCUT2D eigenvalue weighted by Gasteiger charge is -2.31. The predicted molar refractivity (Wildman–Crippen MR) is 124 cm³/mol. The summed E-state index contributed by atoms with van der Waals surface area (Å²) in [5, 5.41) is 4.22. The van der Waals surface area contributed by atoms with Crippen molar-refractivity contribution >= 4 is 23.2 Å². The summed E-state index contributed by atoms with van der Waals surface area (Å²) in [6.07, 6.45) is 5.03. The number of likely N-dealkylation sites (tertiary alicyclic amines) is 1. The minimum atomic E-state index is -0.549. The number of nitrogens with zero attached hydrogens (tertiary/aromatic N) is 2. The second-order valence-electron chi connectivity index (χ2n) is 9.10. The summed E-state index contributed by atoms with van der Waals surface area (Å²) in [7, 11) is 3.62. The summed E-state index contributed by atoms with van der Waals surface area (Å²) in [6.45, 7) is 1.96. The van der Waals surface area contributed by atoms with Crippen molar-refractivity contribution in [1.29, 1.82) is 0 Å². The van der Waals surface area contributed by atoms with E-state index >= 15 is 0 Å². The van der Waals surface area contributed by atoms with Crippen LogP contribution in [0.2, 0.25) is 0 Å². The zero-order valence-corrected chi connectivity index (χ0v) is 19.3. The van der Waals surface area contributed by atoms with E-state index in [1.54, 1.807) is 16.2 Å². The molecule has 1 aromatic heterocycles. The number of ether oxygens (including phenoxy) is 1. The molecule has 2 aromatic rings. The largest absolute Gasteiger partial charge is 0.378 e. The first kappa shape index (κ1) is 22.0. The van der Waals surface area contributed by atoms with Crippen molar-refractivity contribution in [2.24, 2.45) is 5.41 Å². The van der Waals surface area contributed by atoms with Crippen LogP contribution < -0.4 is 0 Å². The van der Waals surface area contributed by atoms with Gasteiger partial charge in [-0.3, -0.25) is 9.59 Å². The molecule has 0 bridgehead atoms. The lowest BCUT2D eigenvalue weighted by Crippen LogP contribution is -2.44. The van der Waals surface area contributed by atoms with Gasteiger partial charge in [0.05, 0.1) is 11.5 Å². The molecule has 2 aliphatic rings. The van der Waals surface area contributed by atoms with E-state index in [-0.39, 0.29) is 17.9 Å². The van der Waals surface area contributed by atoms with Gasteiger partial charge in [-0.25, -0.2) is 0 Å². The van der Waals surface area contributed by atoms with E-state index in [0.29, 0.717) is 32.4 Å². The van der Waals surface area contributed by atoms with E-state index in [9.17, 15) is 9.59 Å². The van der Waals surface area contributed by atoms with Gasteiger partial charge in [0, 0.05) is 40.2 Å². The van der Waals surface area contributed by atoms with Crippen LogP contribution >= 0.6 is 11.3 Å². The normalized spacial score (nSPS) is 23.3. The second-order valence-corrected chi connectivity index (χ2v) is 9.88. The third-order valence-corrected chi connectivity index (χ3v) is 7.30. The van der Waals surface area contributed by atoms with Crippen LogP contribution in [0.5, 0.6) is 0 Å². The molecule has 2 aliphatic heterocycles. The minimum absolute atomic E-state index is 0.115. The number of hydrogen-bond donors (Lipinski definition) is 0.